The van der Waals surface area contributed by atoms with Gasteiger partial charge in [0.05, 0.1) is 28.9 Å². The van der Waals surface area contributed by atoms with Crippen molar-refractivity contribution in [3.05, 3.63) is 58.1 Å². The quantitative estimate of drug-likeness (QED) is 0.706. The molecule has 6 nitrogen and oxygen atoms in total. The van der Waals surface area contributed by atoms with Crippen LogP contribution in [-0.2, 0) is 0 Å². The van der Waals surface area contributed by atoms with Crippen LogP contribution in [0.5, 0.6) is 5.75 Å². The van der Waals surface area contributed by atoms with Crippen LogP contribution >= 0.6 is 23.8 Å². The molecule has 8 heteroatoms. The van der Waals surface area contributed by atoms with Crippen LogP contribution < -0.4 is 15.4 Å². The minimum absolute atomic E-state index is 0.0157. The molecule has 2 aromatic carbocycles. The molecule has 0 fully saturated rings. The summed E-state index contributed by atoms with van der Waals surface area (Å²) in [7, 11) is 1.48. The van der Waals surface area contributed by atoms with Gasteiger partial charge >= 0.3 is 5.97 Å². The number of aryl methyl sites for hydroxylation is 1. The third-order valence-corrected chi connectivity index (χ3v) is 3.88. The van der Waals surface area contributed by atoms with Crippen LogP contribution in [-0.4, -0.2) is 29.2 Å². The number of hydrogen-bond donors (Lipinski definition) is 3. The summed E-state index contributed by atoms with van der Waals surface area (Å²) in [5.74, 6) is -1.10. The monoisotopic (exact) mass is 378 g/mol. The number of thiocarbonyl (C=S) groups is 1. The van der Waals surface area contributed by atoms with E-state index in [0.717, 1.165) is 5.56 Å². The van der Waals surface area contributed by atoms with E-state index in [1.165, 1.54) is 25.3 Å². The Hall–Kier alpha value is -2.64. The molecule has 130 valence electrons. The second-order valence-corrected chi connectivity index (χ2v) is 5.88. The summed E-state index contributed by atoms with van der Waals surface area (Å²) in [5.41, 5.74) is 1.47. The van der Waals surface area contributed by atoms with Crippen molar-refractivity contribution in [1.82, 2.24) is 5.32 Å². The molecular formula is C17H15ClN2O4S. The number of ether oxygens (including phenoxy) is 1. The Bertz CT molecular complexity index is 855. The van der Waals surface area contributed by atoms with Gasteiger partial charge in [-0.1, -0.05) is 23.7 Å². The van der Waals surface area contributed by atoms with Gasteiger partial charge in [-0.15, -0.1) is 0 Å². The fraction of sp³-hybridized carbons (Fsp3) is 0.118. The summed E-state index contributed by atoms with van der Waals surface area (Å²) in [6.45, 7) is 1.82. The number of para-hydroxylation sites is 1. The topological polar surface area (TPSA) is 87.7 Å². The fourth-order valence-electron chi connectivity index (χ4n) is 2.18. The molecule has 0 aliphatic carbocycles. The molecule has 2 aromatic rings. The van der Waals surface area contributed by atoms with E-state index in [-0.39, 0.29) is 21.4 Å². The van der Waals surface area contributed by atoms with Gasteiger partial charge in [-0.3, -0.25) is 10.1 Å². The van der Waals surface area contributed by atoms with Crippen molar-refractivity contribution < 1.29 is 19.4 Å². The van der Waals surface area contributed by atoms with E-state index in [1.54, 1.807) is 12.1 Å². The minimum atomic E-state index is -1.10. The molecule has 0 saturated heterocycles. The molecule has 0 saturated carbocycles. The lowest BCUT2D eigenvalue weighted by Gasteiger charge is -2.14. The molecule has 0 heterocycles. The van der Waals surface area contributed by atoms with Gasteiger partial charge in [-0.2, -0.15) is 0 Å². The standard InChI is InChI=1S/C17H15ClN2O4S/c1-9-4-3-5-11(14(9)24-2)15(21)20-17(25)19-13-8-10(16(22)23)6-7-12(13)18/h3-8H,1-2H3,(H,22,23)(H2,19,20,21,25). The van der Waals surface area contributed by atoms with Gasteiger partial charge < -0.3 is 15.2 Å². The van der Waals surface area contributed by atoms with E-state index in [2.05, 4.69) is 10.6 Å². The maximum atomic E-state index is 12.4. The third kappa shape index (κ3) is 4.46. The summed E-state index contributed by atoms with van der Waals surface area (Å²) in [6.07, 6.45) is 0. The number of halogens is 1. The van der Waals surface area contributed by atoms with Crippen molar-refractivity contribution in [2.45, 2.75) is 6.92 Å². The average Bonchev–Trinajstić information content (AvgIpc) is 2.56. The Kier molecular flexibility index (Phi) is 5.95. The van der Waals surface area contributed by atoms with Crippen molar-refractivity contribution in [1.29, 1.82) is 0 Å². The van der Waals surface area contributed by atoms with Gasteiger partial charge in [-0.25, -0.2) is 4.79 Å². The number of methoxy groups -OCH3 is 1. The molecule has 0 atom stereocenters. The number of carboxylic acids is 1. The van der Waals surface area contributed by atoms with Gasteiger partial charge in [0, 0.05) is 0 Å². The summed E-state index contributed by atoms with van der Waals surface area (Å²) in [4.78, 5) is 23.4. The van der Waals surface area contributed by atoms with Crippen LogP contribution in [0.2, 0.25) is 5.02 Å². The van der Waals surface area contributed by atoms with Gasteiger partial charge in [0.1, 0.15) is 5.75 Å². The lowest BCUT2D eigenvalue weighted by molar-refractivity contribution is 0.0696. The van der Waals surface area contributed by atoms with Crippen LogP contribution in [0.15, 0.2) is 36.4 Å². The van der Waals surface area contributed by atoms with Crippen LogP contribution in [0.3, 0.4) is 0 Å². The maximum Gasteiger partial charge on any atom is 0.335 e. The van der Waals surface area contributed by atoms with E-state index in [1.807, 2.05) is 13.0 Å². The van der Waals surface area contributed by atoms with Crippen molar-refractivity contribution in [2.75, 3.05) is 12.4 Å². The number of aromatic carboxylic acids is 1. The number of nitrogens with one attached hydrogen (secondary N) is 2. The minimum Gasteiger partial charge on any atom is -0.496 e. The van der Waals surface area contributed by atoms with Gasteiger partial charge in [0.2, 0.25) is 0 Å². The van der Waals surface area contributed by atoms with E-state index >= 15 is 0 Å². The Morgan fingerprint density at radius 1 is 1.24 bits per heavy atom. The molecule has 0 spiro atoms. The number of carbonyl (C=O) groups excluding carboxylic acids is 1. The van der Waals surface area contributed by atoms with Crippen molar-refractivity contribution >= 4 is 46.5 Å². The zero-order chi connectivity index (χ0) is 18.6. The first-order valence-electron chi connectivity index (χ1n) is 7.12. The highest BCUT2D eigenvalue weighted by molar-refractivity contribution is 7.80. The third-order valence-electron chi connectivity index (χ3n) is 3.35. The van der Waals surface area contributed by atoms with E-state index in [0.29, 0.717) is 11.3 Å². The highest BCUT2D eigenvalue weighted by Crippen LogP contribution is 2.24. The molecule has 2 rings (SSSR count). The van der Waals surface area contributed by atoms with E-state index in [4.69, 9.17) is 33.7 Å². The van der Waals surface area contributed by atoms with Gasteiger partial charge in [0.15, 0.2) is 5.11 Å². The number of anilines is 1. The predicted molar refractivity (Wildman–Crippen MR) is 99.8 cm³/mol. The highest BCUT2D eigenvalue weighted by Gasteiger charge is 2.16. The Labute approximate surface area is 154 Å². The molecule has 25 heavy (non-hydrogen) atoms. The van der Waals surface area contributed by atoms with Gasteiger partial charge in [-0.05, 0) is 49.0 Å². The second-order valence-electron chi connectivity index (χ2n) is 5.06. The zero-order valence-corrected chi connectivity index (χ0v) is 15.0. The fourth-order valence-corrected chi connectivity index (χ4v) is 2.55. The lowest BCUT2D eigenvalue weighted by Crippen LogP contribution is -2.34. The largest absolute Gasteiger partial charge is 0.496 e. The van der Waals surface area contributed by atoms with Crippen molar-refractivity contribution in [3.8, 4) is 5.75 Å². The van der Waals surface area contributed by atoms with Crippen molar-refractivity contribution in [3.63, 3.8) is 0 Å². The predicted octanol–water partition coefficient (Wildman–Crippen LogP) is 3.48. The number of benzene rings is 2. The highest BCUT2D eigenvalue weighted by atomic mass is 35.5. The van der Waals surface area contributed by atoms with Crippen LogP contribution in [0.1, 0.15) is 26.3 Å². The normalized spacial score (nSPS) is 10.0. The molecule has 0 aromatic heterocycles. The first kappa shape index (κ1) is 18.7. The lowest BCUT2D eigenvalue weighted by atomic mass is 10.1. The Morgan fingerprint density at radius 2 is 1.96 bits per heavy atom. The molecule has 3 N–H and O–H groups in total. The SMILES string of the molecule is COc1c(C)cccc1C(=O)NC(=S)Nc1cc(C(=O)O)ccc1Cl. The second kappa shape index (κ2) is 7.96. The number of carbonyl (C=O) groups is 2. The first-order chi connectivity index (χ1) is 11.8. The molecule has 0 bridgehead atoms. The summed E-state index contributed by atoms with van der Waals surface area (Å²) in [5, 5.41) is 14.5. The van der Waals surface area contributed by atoms with Gasteiger partial charge in [0.25, 0.3) is 5.91 Å². The maximum absolute atomic E-state index is 12.4. The van der Waals surface area contributed by atoms with Crippen molar-refractivity contribution in [2.24, 2.45) is 0 Å². The number of rotatable bonds is 4. The summed E-state index contributed by atoms with van der Waals surface area (Å²) < 4.78 is 5.25. The van der Waals surface area contributed by atoms with E-state index < -0.39 is 11.9 Å². The summed E-state index contributed by atoms with van der Waals surface area (Å²) in [6, 6.07) is 9.30. The molecular weight excluding hydrogens is 364 g/mol. The van der Waals surface area contributed by atoms with Crippen LogP contribution in [0.25, 0.3) is 0 Å². The smallest absolute Gasteiger partial charge is 0.335 e. The number of carboxylic acid groups (broad SMARTS) is 1. The number of hydrogen-bond acceptors (Lipinski definition) is 4. The van der Waals surface area contributed by atoms with E-state index in [9.17, 15) is 9.59 Å². The molecule has 0 unspecified atom stereocenters. The molecule has 0 aliphatic rings. The number of amides is 1. The molecule has 0 radical (unpaired) electrons. The zero-order valence-electron chi connectivity index (χ0n) is 13.4. The van der Waals surface area contributed by atoms with Crippen LogP contribution in [0.4, 0.5) is 5.69 Å². The Morgan fingerprint density at radius 3 is 2.60 bits per heavy atom. The Balaban J connectivity index is 2.16. The summed E-state index contributed by atoms with van der Waals surface area (Å²) >= 11 is 11.1. The van der Waals surface area contributed by atoms with Crippen LogP contribution in [0, 0.1) is 6.92 Å². The molecule has 1 amide bonds. The first-order valence-corrected chi connectivity index (χ1v) is 7.91. The molecule has 0 aliphatic heterocycles. The average molecular weight is 379 g/mol.